The van der Waals surface area contributed by atoms with Crippen LogP contribution in [0.15, 0.2) is 42.5 Å². The van der Waals surface area contributed by atoms with Crippen molar-refractivity contribution in [2.24, 2.45) is 5.73 Å². The highest BCUT2D eigenvalue weighted by molar-refractivity contribution is 6.34. The van der Waals surface area contributed by atoms with E-state index < -0.39 is 29.2 Å². The highest BCUT2D eigenvalue weighted by atomic mass is 35.5. The van der Waals surface area contributed by atoms with Gasteiger partial charge in [0.25, 0.3) is 0 Å². The number of fused-ring (bicyclic) bond motifs is 2. The summed E-state index contributed by atoms with van der Waals surface area (Å²) in [7, 11) is 0. The maximum Gasteiger partial charge on any atom is 0.249 e. The van der Waals surface area contributed by atoms with E-state index in [1.807, 2.05) is 37.3 Å². The average Bonchev–Trinajstić information content (AvgIpc) is 3.60. The van der Waals surface area contributed by atoms with Gasteiger partial charge in [-0.25, -0.2) is 8.78 Å². The van der Waals surface area contributed by atoms with E-state index in [4.69, 9.17) is 22.1 Å². The number of carbonyl (C=O) groups excluding carboxylic acids is 1. The van der Waals surface area contributed by atoms with Crippen LogP contribution >= 0.6 is 11.6 Å². The number of hydrogen-bond donors (Lipinski definition) is 3. The molecule has 192 valence electrons. The standard InChI is InChI=1S/C29H27ClF2N2O3/c1-14-23-21(37-29(14,22-8-5-9-34-22)16-6-3-2-4-7-16)13-20(31)26(30)25(23)24-19(28(33)36)11-15-10-17(35)12-18(15)27(24)32/h2-4,6-7,11,13-14,17,22,34-35H,5,8-10,12H2,1H3,(H2,33,36)/t14-,17?,22-,29-/m0/s1. The first kappa shape index (κ1) is 24.3. The van der Waals surface area contributed by atoms with E-state index in [-0.39, 0.29) is 52.3 Å². The highest BCUT2D eigenvalue weighted by Gasteiger charge is 2.55. The zero-order valence-corrected chi connectivity index (χ0v) is 21.0. The van der Waals surface area contributed by atoms with Gasteiger partial charge in [-0.3, -0.25) is 4.79 Å². The van der Waals surface area contributed by atoms with Crippen LogP contribution in [-0.2, 0) is 18.4 Å². The number of carbonyl (C=O) groups is 1. The number of hydrogen-bond acceptors (Lipinski definition) is 4. The third kappa shape index (κ3) is 3.51. The fourth-order valence-corrected chi connectivity index (χ4v) is 6.89. The molecular weight excluding hydrogens is 498 g/mol. The van der Waals surface area contributed by atoms with Gasteiger partial charge in [0.05, 0.1) is 22.7 Å². The minimum absolute atomic E-state index is 0.0791. The van der Waals surface area contributed by atoms with Gasteiger partial charge in [0.15, 0.2) is 5.60 Å². The maximum atomic E-state index is 16.2. The van der Waals surface area contributed by atoms with E-state index >= 15 is 8.78 Å². The van der Waals surface area contributed by atoms with Gasteiger partial charge in [0.1, 0.15) is 17.4 Å². The molecule has 37 heavy (non-hydrogen) atoms. The first-order chi connectivity index (χ1) is 17.7. The van der Waals surface area contributed by atoms with E-state index in [2.05, 4.69) is 5.32 Å². The van der Waals surface area contributed by atoms with Crippen LogP contribution in [0.4, 0.5) is 8.78 Å². The summed E-state index contributed by atoms with van der Waals surface area (Å²) in [5.41, 5.74) is 6.91. The molecule has 0 bridgehead atoms. The molecule has 2 heterocycles. The van der Waals surface area contributed by atoms with Crippen LogP contribution in [-0.4, -0.2) is 29.7 Å². The Morgan fingerprint density at radius 2 is 1.95 bits per heavy atom. The van der Waals surface area contributed by atoms with Gasteiger partial charge in [-0.05, 0) is 48.6 Å². The van der Waals surface area contributed by atoms with Gasteiger partial charge >= 0.3 is 0 Å². The zero-order valence-electron chi connectivity index (χ0n) is 20.3. The number of nitrogens with two attached hydrogens (primary N) is 1. The number of benzene rings is 3. The van der Waals surface area contributed by atoms with E-state index in [0.29, 0.717) is 16.7 Å². The van der Waals surface area contributed by atoms with Crippen molar-refractivity contribution < 1.29 is 23.4 Å². The smallest absolute Gasteiger partial charge is 0.249 e. The molecule has 5 nitrogen and oxygen atoms in total. The van der Waals surface area contributed by atoms with E-state index in [1.54, 1.807) is 0 Å². The minimum atomic E-state index is -0.901. The Labute approximate surface area is 218 Å². The fraction of sp³-hybridized carbons (Fsp3) is 0.345. The van der Waals surface area contributed by atoms with Gasteiger partial charge < -0.3 is 20.9 Å². The molecular formula is C29H27ClF2N2O3. The van der Waals surface area contributed by atoms with Crippen LogP contribution in [0.1, 0.15) is 58.3 Å². The molecule has 0 saturated carbocycles. The molecule has 0 radical (unpaired) electrons. The molecule has 3 aliphatic rings. The second-order valence-corrected chi connectivity index (χ2v) is 10.6. The molecule has 4 N–H and O–H groups in total. The van der Waals surface area contributed by atoms with Crippen molar-refractivity contribution in [2.45, 2.75) is 56.3 Å². The molecule has 3 aromatic carbocycles. The Bertz CT molecular complexity index is 1420. The molecule has 6 rings (SSSR count). The van der Waals surface area contributed by atoms with Gasteiger partial charge in [0.2, 0.25) is 5.91 Å². The summed E-state index contributed by atoms with van der Waals surface area (Å²) >= 11 is 6.59. The van der Waals surface area contributed by atoms with Crippen molar-refractivity contribution in [1.29, 1.82) is 0 Å². The third-order valence-corrected chi connectivity index (χ3v) is 8.62. The molecule has 1 aliphatic carbocycles. The van der Waals surface area contributed by atoms with Crippen LogP contribution in [0.5, 0.6) is 5.75 Å². The quantitative estimate of drug-likeness (QED) is 0.449. The first-order valence-electron chi connectivity index (χ1n) is 12.6. The lowest BCUT2D eigenvalue weighted by Gasteiger charge is -2.39. The molecule has 2 aliphatic heterocycles. The molecule has 1 saturated heterocycles. The van der Waals surface area contributed by atoms with Crippen LogP contribution in [0, 0.1) is 11.6 Å². The lowest BCUT2D eigenvalue weighted by atomic mass is 9.73. The van der Waals surface area contributed by atoms with Crippen LogP contribution in [0.2, 0.25) is 5.02 Å². The molecule has 0 aromatic heterocycles. The van der Waals surface area contributed by atoms with Crippen molar-refractivity contribution in [3.63, 3.8) is 0 Å². The summed E-state index contributed by atoms with van der Waals surface area (Å²) in [4.78, 5) is 12.6. The molecule has 3 aromatic rings. The van der Waals surface area contributed by atoms with Crippen molar-refractivity contribution in [3.05, 3.63) is 86.9 Å². The topological polar surface area (TPSA) is 84.6 Å². The molecule has 0 spiro atoms. The lowest BCUT2D eigenvalue weighted by molar-refractivity contribution is 0.0333. The van der Waals surface area contributed by atoms with E-state index in [1.165, 1.54) is 12.1 Å². The van der Waals surface area contributed by atoms with Crippen molar-refractivity contribution in [3.8, 4) is 16.9 Å². The summed E-state index contributed by atoms with van der Waals surface area (Å²) in [5.74, 6) is -2.46. The summed E-state index contributed by atoms with van der Waals surface area (Å²) in [6.45, 7) is 2.79. The number of amides is 1. The van der Waals surface area contributed by atoms with Gasteiger partial charge in [-0.1, -0.05) is 48.9 Å². The number of ether oxygens (including phenoxy) is 1. The first-order valence-corrected chi connectivity index (χ1v) is 12.9. The van der Waals surface area contributed by atoms with E-state index in [9.17, 15) is 9.90 Å². The van der Waals surface area contributed by atoms with Crippen LogP contribution in [0.25, 0.3) is 11.1 Å². The van der Waals surface area contributed by atoms with Crippen molar-refractivity contribution in [2.75, 3.05) is 6.54 Å². The van der Waals surface area contributed by atoms with Gasteiger partial charge in [0, 0.05) is 35.1 Å². The Hall–Kier alpha value is -3.00. The number of halogens is 3. The number of aliphatic hydroxyl groups excluding tert-OH is 1. The Morgan fingerprint density at radius 1 is 1.19 bits per heavy atom. The average molecular weight is 525 g/mol. The maximum absolute atomic E-state index is 16.2. The predicted octanol–water partition coefficient (Wildman–Crippen LogP) is 4.99. The zero-order chi connectivity index (χ0) is 26.1. The van der Waals surface area contributed by atoms with Crippen LogP contribution < -0.4 is 15.8 Å². The molecule has 1 unspecified atom stereocenters. The second-order valence-electron chi connectivity index (χ2n) is 10.3. The minimum Gasteiger partial charge on any atom is -0.480 e. The number of aliphatic hydroxyl groups is 1. The summed E-state index contributed by atoms with van der Waals surface area (Å²) in [5, 5.41) is 13.4. The predicted molar refractivity (Wildman–Crippen MR) is 137 cm³/mol. The molecule has 1 amide bonds. The van der Waals surface area contributed by atoms with Crippen LogP contribution in [0.3, 0.4) is 0 Å². The number of nitrogens with one attached hydrogen (secondary N) is 1. The monoisotopic (exact) mass is 524 g/mol. The van der Waals surface area contributed by atoms with Crippen molar-refractivity contribution in [1.82, 2.24) is 5.32 Å². The third-order valence-electron chi connectivity index (χ3n) is 8.25. The molecule has 8 heteroatoms. The number of primary amides is 1. The fourth-order valence-electron chi connectivity index (χ4n) is 6.64. The Balaban J connectivity index is 1.64. The highest BCUT2D eigenvalue weighted by Crippen LogP contribution is 2.58. The largest absolute Gasteiger partial charge is 0.480 e. The number of rotatable bonds is 4. The second kappa shape index (κ2) is 8.79. The lowest BCUT2D eigenvalue weighted by Crippen LogP contribution is -2.50. The molecule has 1 fully saturated rings. The van der Waals surface area contributed by atoms with Crippen molar-refractivity contribution >= 4 is 17.5 Å². The summed E-state index contributed by atoms with van der Waals surface area (Å²) in [6, 6.07) is 12.4. The van der Waals surface area contributed by atoms with Gasteiger partial charge in [-0.15, -0.1) is 0 Å². The normalized spacial score (nSPS) is 26.1. The van der Waals surface area contributed by atoms with Gasteiger partial charge in [-0.2, -0.15) is 0 Å². The summed E-state index contributed by atoms with van der Waals surface area (Å²) in [6.07, 6.45) is 1.34. The SMILES string of the molecule is C[C@H]1c2c(cc(F)c(Cl)c2-c2c(C(N)=O)cc3c(c2F)CC(O)C3)O[C@@]1(c1ccccc1)[C@@H]1CCCN1. The molecule has 4 atom stereocenters. The Morgan fingerprint density at radius 3 is 2.62 bits per heavy atom. The van der Waals surface area contributed by atoms with E-state index in [0.717, 1.165) is 24.9 Å². The Kier molecular flexibility index (Phi) is 5.78. The summed E-state index contributed by atoms with van der Waals surface area (Å²) < 4.78 is 38.3.